The third kappa shape index (κ3) is 6.07. The third-order valence-corrected chi connectivity index (χ3v) is 3.89. The van der Waals surface area contributed by atoms with Gasteiger partial charge >= 0.3 is 0 Å². The van der Waals surface area contributed by atoms with Gasteiger partial charge in [-0.2, -0.15) is 0 Å². The van der Waals surface area contributed by atoms with Crippen molar-refractivity contribution in [2.75, 3.05) is 20.1 Å². The van der Waals surface area contributed by atoms with E-state index in [2.05, 4.69) is 55.7 Å². The molecule has 0 N–H and O–H groups in total. The molecular weight excluding hydrogens is 301 g/mol. The van der Waals surface area contributed by atoms with Gasteiger partial charge in [0.15, 0.2) is 0 Å². The molecule has 3 heteroatoms. The Bertz CT molecular complexity index is 149. The zero-order chi connectivity index (χ0) is 11.7. The summed E-state index contributed by atoms with van der Waals surface area (Å²) < 4.78 is 5.73. The molecule has 0 bridgehead atoms. The molecule has 0 aromatic heterocycles. The van der Waals surface area contributed by atoms with Gasteiger partial charge in [-0.3, -0.25) is 0 Å². The van der Waals surface area contributed by atoms with Gasteiger partial charge in [-0.15, -0.1) is 0 Å². The van der Waals surface area contributed by atoms with Crippen LogP contribution in [-0.2, 0) is 3.07 Å². The predicted molar refractivity (Wildman–Crippen MR) is 75.4 cm³/mol. The lowest BCUT2D eigenvalue weighted by molar-refractivity contribution is 0.0625. The molecule has 0 aromatic carbocycles. The van der Waals surface area contributed by atoms with Gasteiger partial charge in [0.25, 0.3) is 0 Å². The molecule has 2 nitrogen and oxygen atoms in total. The number of hydrogen-bond donors (Lipinski definition) is 0. The van der Waals surface area contributed by atoms with Crippen molar-refractivity contribution in [1.82, 2.24) is 4.90 Å². The van der Waals surface area contributed by atoms with E-state index < -0.39 is 0 Å². The fraction of sp³-hybridized carbons (Fsp3) is 1.00. The average Bonchev–Trinajstić information content (AvgIpc) is 2.25. The lowest BCUT2D eigenvalue weighted by Crippen LogP contribution is -2.41. The monoisotopic (exact) mass is 327 g/mol. The molecule has 0 aromatic rings. The van der Waals surface area contributed by atoms with E-state index in [1.165, 1.54) is 25.7 Å². The Hall–Kier alpha value is 0.650. The number of hydrogen-bond acceptors (Lipinski definition) is 2. The van der Waals surface area contributed by atoms with Crippen LogP contribution in [0, 0.1) is 0 Å². The summed E-state index contributed by atoms with van der Waals surface area (Å²) in [5.41, 5.74) is 0.0699. The van der Waals surface area contributed by atoms with Crippen LogP contribution >= 0.6 is 23.0 Å². The molecule has 0 saturated heterocycles. The van der Waals surface area contributed by atoms with E-state index in [0.717, 1.165) is 19.5 Å². The lowest BCUT2D eigenvalue weighted by Gasteiger charge is -2.34. The Balaban J connectivity index is 4.21. The summed E-state index contributed by atoms with van der Waals surface area (Å²) in [6.45, 7) is 8.91. The van der Waals surface area contributed by atoms with Crippen LogP contribution in [0.5, 0.6) is 0 Å². The van der Waals surface area contributed by atoms with Crippen LogP contribution in [0.4, 0.5) is 0 Å². The van der Waals surface area contributed by atoms with E-state index in [-0.39, 0.29) is 5.60 Å². The Kier molecular flexibility index (Phi) is 9.14. The van der Waals surface area contributed by atoms with Crippen LogP contribution in [0.2, 0.25) is 0 Å². The Morgan fingerprint density at radius 3 is 2.27 bits per heavy atom. The van der Waals surface area contributed by atoms with E-state index in [9.17, 15) is 0 Å². The molecule has 0 aliphatic rings. The highest BCUT2D eigenvalue weighted by Gasteiger charge is 2.29. The first-order chi connectivity index (χ1) is 7.14. The van der Waals surface area contributed by atoms with Crippen LogP contribution in [0.15, 0.2) is 0 Å². The molecule has 0 heterocycles. The largest absolute Gasteiger partial charge is 0.308 e. The molecule has 0 amide bonds. The summed E-state index contributed by atoms with van der Waals surface area (Å²) in [7, 11) is 2.19. The number of likely N-dealkylation sites (N-methyl/N-ethyl adjacent to an activating group) is 1. The van der Waals surface area contributed by atoms with Crippen molar-refractivity contribution in [1.29, 1.82) is 0 Å². The second kappa shape index (κ2) is 8.76. The Morgan fingerprint density at radius 2 is 1.87 bits per heavy atom. The molecule has 0 aliphatic carbocycles. The molecule has 1 atom stereocenters. The van der Waals surface area contributed by atoms with E-state index in [1.54, 1.807) is 0 Å². The zero-order valence-electron chi connectivity index (χ0n) is 10.7. The first-order valence-corrected chi connectivity index (χ1v) is 7.00. The Labute approximate surface area is 109 Å². The van der Waals surface area contributed by atoms with Gasteiger partial charge in [0, 0.05) is 6.54 Å². The summed E-state index contributed by atoms with van der Waals surface area (Å²) in [6, 6.07) is 0. The minimum Gasteiger partial charge on any atom is -0.308 e. The maximum atomic E-state index is 5.73. The van der Waals surface area contributed by atoms with Crippen molar-refractivity contribution in [3.8, 4) is 0 Å². The fourth-order valence-electron chi connectivity index (χ4n) is 1.94. The van der Waals surface area contributed by atoms with Crippen LogP contribution in [0.3, 0.4) is 0 Å². The molecule has 0 aliphatic heterocycles. The first kappa shape index (κ1) is 15.7. The number of nitrogens with zero attached hydrogens (tertiary/aromatic N) is 1. The van der Waals surface area contributed by atoms with Gasteiger partial charge in [-0.1, -0.05) is 33.6 Å². The smallest absolute Gasteiger partial charge is 0.110 e. The van der Waals surface area contributed by atoms with E-state index in [0.29, 0.717) is 0 Å². The van der Waals surface area contributed by atoms with E-state index >= 15 is 0 Å². The zero-order valence-corrected chi connectivity index (χ0v) is 12.8. The number of unbranched alkanes of at least 4 members (excludes halogenated alkanes) is 1. The highest BCUT2D eigenvalue weighted by atomic mass is 127. The SMILES string of the molecule is CCCC[C@@](CC)(CN(C)CCC)OI. The average molecular weight is 327 g/mol. The summed E-state index contributed by atoms with van der Waals surface area (Å²) >= 11 is 2.08. The van der Waals surface area contributed by atoms with Crippen LogP contribution in [0.25, 0.3) is 0 Å². The van der Waals surface area contributed by atoms with Crippen LogP contribution < -0.4 is 0 Å². The number of rotatable bonds is 9. The summed E-state index contributed by atoms with van der Waals surface area (Å²) in [6.07, 6.45) is 6.00. The second-order valence-corrected chi connectivity index (χ2v) is 4.90. The minimum absolute atomic E-state index is 0.0699. The van der Waals surface area contributed by atoms with Crippen molar-refractivity contribution >= 4 is 23.0 Å². The van der Waals surface area contributed by atoms with Gasteiger partial charge in [-0.05, 0) is 32.9 Å². The quantitative estimate of drug-likeness (QED) is 0.593. The first-order valence-electron chi connectivity index (χ1n) is 6.12. The highest BCUT2D eigenvalue weighted by molar-refractivity contribution is 14.1. The molecular formula is C12H26INO. The maximum absolute atomic E-state index is 5.73. The van der Waals surface area contributed by atoms with Crippen molar-refractivity contribution in [2.24, 2.45) is 0 Å². The van der Waals surface area contributed by atoms with Crippen molar-refractivity contribution in [3.05, 3.63) is 0 Å². The minimum atomic E-state index is 0.0699. The van der Waals surface area contributed by atoms with Gasteiger partial charge in [0.2, 0.25) is 0 Å². The molecule has 0 saturated carbocycles. The van der Waals surface area contributed by atoms with E-state index in [1.807, 2.05) is 0 Å². The van der Waals surface area contributed by atoms with E-state index in [4.69, 9.17) is 3.07 Å². The normalized spacial score (nSPS) is 15.6. The second-order valence-electron chi connectivity index (χ2n) is 4.46. The van der Waals surface area contributed by atoms with Crippen molar-refractivity contribution in [3.63, 3.8) is 0 Å². The molecule has 15 heavy (non-hydrogen) atoms. The highest BCUT2D eigenvalue weighted by Crippen LogP contribution is 2.27. The summed E-state index contributed by atoms with van der Waals surface area (Å²) in [4.78, 5) is 2.39. The molecule has 0 radical (unpaired) electrons. The molecule has 0 rings (SSSR count). The lowest BCUT2D eigenvalue weighted by atomic mass is 9.93. The third-order valence-electron chi connectivity index (χ3n) is 2.96. The summed E-state index contributed by atoms with van der Waals surface area (Å²) in [5, 5.41) is 0. The van der Waals surface area contributed by atoms with Gasteiger partial charge in [0.05, 0.1) is 5.60 Å². The number of halogens is 1. The predicted octanol–water partition coefficient (Wildman–Crippen LogP) is 4.03. The van der Waals surface area contributed by atoms with Crippen molar-refractivity contribution < 1.29 is 3.07 Å². The summed E-state index contributed by atoms with van der Waals surface area (Å²) in [5.74, 6) is 0. The maximum Gasteiger partial charge on any atom is 0.110 e. The molecule has 92 valence electrons. The molecule has 0 spiro atoms. The van der Waals surface area contributed by atoms with Crippen LogP contribution in [0.1, 0.15) is 52.9 Å². The van der Waals surface area contributed by atoms with Crippen molar-refractivity contribution in [2.45, 2.75) is 58.5 Å². The van der Waals surface area contributed by atoms with Gasteiger partial charge in [0.1, 0.15) is 23.0 Å². The molecule has 0 fully saturated rings. The topological polar surface area (TPSA) is 12.5 Å². The Morgan fingerprint density at radius 1 is 1.20 bits per heavy atom. The standard InChI is InChI=1S/C12H26INO/c1-5-8-9-12(7-3,15-13)11-14(4)10-6-2/h5-11H2,1-4H3/t12-/m0/s1. The van der Waals surface area contributed by atoms with Crippen LogP contribution in [-0.4, -0.2) is 30.6 Å². The molecule has 0 unspecified atom stereocenters. The van der Waals surface area contributed by atoms with Gasteiger partial charge < -0.3 is 7.97 Å². The fourth-order valence-corrected chi connectivity index (χ4v) is 2.61. The van der Waals surface area contributed by atoms with Gasteiger partial charge in [-0.25, -0.2) is 0 Å².